The summed E-state index contributed by atoms with van der Waals surface area (Å²) in [6.07, 6.45) is 3.88. The average Bonchev–Trinajstić information content (AvgIpc) is 2.81. The molecule has 1 aliphatic carbocycles. The molecule has 1 aromatic rings. The van der Waals surface area contributed by atoms with Crippen LogP contribution in [0.25, 0.3) is 0 Å². The van der Waals surface area contributed by atoms with Crippen molar-refractivity contribution in [3.8, 4) is 0 Å². The van der Waals surface area contributed by atoms with Crippen LogP contribution >= 0.6 is 11.6 Å². The van der Waals surface area contributed by atoms with E-state index in [1.165, 1.54) is 6.07 Å². The van der Waals surface area contributed by atoms with Gasteiger partial charge in [0, 0.05) is 12.2 Å². The quantitative estimate of drug-likeness (QED) is 0.839. The predicted molar refractivity (Wildman–Crippen MR) is 53.8 cm³/mol. The van der Waals surface area contributed by atoms with Crippen LogP contribution in [0.3, 0.4) is 0 Å². The molecule has 2 unspecified atom stereocenters. The van der Waals surface area contributed by atoms with Crippen LogP contribution in [0.4, 0.5) is 0 Å². The second kappa shape index (κ2) is 3.31. The monoisotopic (exact) mass is 213 g/mol. The number of rotatable bonds is 3. The normalized spacial score (nSPS) is 25.0. The van der Waals surface area contributed by atoms with E-state index in [2.05, 4.69) is 6.92 Å². The highest BCUT2D eigenvalue weighted by Gasteiger charge is 2.38. The molecule has 1 saturated carbocycles. The van der Waals surface area contributed by atoms with Gasteiger partial charge >= 0.3 is 5.97 Å². The number of aromatic carboxylic acids is 1. The predicted octanol–water partition coefficient (Wildman–Crippen LogP) is 2.81. The van der Waals surface area contributed by atoms with E-state index >= 15 is 0 Å². The standard InChI is InChI=1S/C10H12ClNO2/c1-2-6-3-8(6)12-5-7(11)4-9(12)10(13)14/h4-6,8H,2-3H2,1H3,(H,13,14). The van der Waals surface area contributed by atoms with Gasteiger partial charge in [0.2, 0.25) is 0 Å². The third kappa shape index (κ3) is 1.52. The summed E-state index contributed by atoms with van der Waals surface area (Å²) in [6.45, 7) is 2.12. The van der Waals surface area contributed by atoms with E-state index in [1.807, 2.05) is 0 Å². The molecule has 0 saturated heterocycles. The van der Waals surface area contributed by atoms with Gasteiger partial charge in [0.15, 0.2) is 0 Å². The van der Waals surface area contributed by atoms with Crippen molar-refractivity contribution in [2.45, 2.75) is 25.8 Å². The maximum atomic E-state index is 10.9. The zero-order valence-corrected chi connectivity index (χ0v) is 8.66. The molecule has 0 bridgehead atoms. The van der Waals surface area contributed by atoms with E-state index in [-0.39, 0.29) is 0 Å². The highest BCUT2D eigenvalue weighted by molar-refractivity contribution is 6.30. The summed E-state index contributed by atoms with van der Waals surface area (Å²) in [5, 5.41) is 9.44. The number of carboxylic acids is 1. The highest BCUT2D eigenvalue weighted by atomic mass is 35.5. The molecule has 1 aliphatic rings. The number of nitrogens with zero attached hydrogens (tertiary/aromatic N) is 1. The van der Waals surface area contributed by atoms with Crippen molar-refractivity contribution in [1.82, 2.24) is 4.57 Å². The van der Waals surface area contributed by atoms with Crippen molar-refractivity contribution in [2.75, 3.05) is 0 Å². The van der Waals surface area contributed by atoms with Gasteiger partial charge in [0.05, 0.1) is 5.02 Å². The van der Waals surface area contributed by atoms with E-state index in [0.29, 0.717) is 22.7 Å². The number of carbonyl (C=O) groups is 1. The number of hydrogen-bond acceptors (Lipinski definition) is 1. The first-order valence-corrected chi connectivity index (χ1v) is 5.12. The molecule has 0 amide bonds. The van der Waals surface area contributed by atoms with Crippen molar-refractivity contribution in [2.24, 2.45) is 5.92 Å². The van der Waals surface area contributed by atoms with Gasteiger partial charge in [0.25, 0.3) is 0 Å². The molecule has 1 heterocycles. The van der Waals surface area contributed by atoms with Crippen LogP contribution in [0.15, 0.2) is 12.3 Å². The summed E-state index contributed by atoms with van der Waals surface area (Å²) < 4.78 is 1.79. The fourth-order valence-electron chi connectivity index (χ4n) is 1.90. The summed E-state index contributed by atoms with van der Waals surface area (Å²) in [4.78, 5) is 10.9. The Kier molecular flexibility index (Phi) is 2.27. The summed E-state index contributed by atoms with van der Waals surface area (Å²) in [5.74, 6) is -0.282. The van der Waals surface area contributed by atoms with Gasteiger partial charge in [-0.25, -0.2) is 4.79 Å². The Bertz CT molecular complexity index is 372. The van der Waals surface area contributed by atoms with Crippen molar-refractivity contribution >= 4 is 17.6 Å². The van der Waals surface area contributed by atoms with Crippen LogP contribution in [0.5, 0.6) is 0 Å². The Morgan fingerprint density at radius 2 is 2.50 bits per heavy atom. The van der Waals surface area contributed by atoms with Gasteiger partial charge < -0.3 is 9.67 Å². The molecular weight excluding hydrogens is 202 g/mol. The number of carboxylic acid groups (broad SMARTS) is 1. The average molecular weight is 214 g/mol. The Labute approximate surface area is 87.3 Å². The molecule has 4 heteroatoms. The van der Waals surface area contributed by atoms with Crippen LogP contribution in [0.1, 0.15) is 36.3 Å². The Morgan fingerprint density at radius 3 is 3.00 bits per heavy atom. The first-order chi connectivity index (χ1) is 6.63. The van der Waals surface area contributed by atoms with Gasteiger partial charge in [0.1, 0.15) is 5.69 Å². The maximum Gasteiger partial charge on any atom is 0.352 e. The topological polar surface area (TPSA) is 42.2 Å². The smallest absolute Gasteiger partial charge is 0.352 e. The fourth-order valence-corrected chi connectivity index (χ4v) is 2.11. The molecular formula is C10H12ClNO2. The molecule has 1 fully saturated rings. The minimum absolute atomic E-state index is 0.302. The largest absolute Gasteiger partial charge is 0.477 e. The van der Waals surface area contributed by atoms with Gasteiger partial charge in [-0.05, 0) is 18.4 Å². The zero-order valence-electron chi connectivity index (χ0n) is 7.90. The number of hydrogen-bond donors (Lipinski definition) is 1. The van der Waals surface area contributed by atoms with Crippen LogP contribution in [-0.4, -0.2) is 15.6 Å². The second-order valence-electron chi connectivity index (χ2n) is 3.73. The third-order valence-corrected chi connectivity index (χ3v) is 3.01. The van der Waals surface area contributed by atoms with Crippen LogP contribution in [0, 0.1) is 5.92 Å². The molecule has 76 valence electrons. The fraction of sp³-hybridized carbons (Fsp3) is 0.500. The lowest BCUT2D eigenvalue weighted by Crippen LogP contribution is -2.06. The molecule has 3 nitrogen and oxygen atoms in total. The van der Waals surface area contributed by atoms with Gasteiger partial charge in [-0.2, -0.15) is 0 Å². The van der Waals surface area contributed by atoms with Gasteiger partial charge in [-0.1, -0.05) is 24.9 Å². The van der Waals surface area contributed by atoms with E-state index in [0.717, 1.165) is 12.8 Å². The summed E-state index contributed by atoms with van der Waals surface area (Å²) in [7, 11) is 0. The number of halogens is 1. The molecule has 2 atom stereocenters. The van der Waals surface area contributed by atoms with Crippen molar-refractivity contribution < 1.29 is 9.90 Å². The molecule has 0 spiro atoms. The van der Waals surface area contributed by atoms with Crippen molar-refractivity contribution in [1.29, 1.82) is 0 Å². The van der Waals surface area contributed by atoms with Crippen LogP contribution in [0.2, 0.25) is 5.02 Å². The van der Waals surface area contributed by atoms with E-state index < -0.39 is 5.97 Å². The lowest BCUT2D eigenvalue weighted by Gasteiger charge is -2.03. The minimum atomic E-state index is -0.904. The molecule has 14 heavy (non-hydrogen) atoms. The molecule has 0 radical (unpaired) electrons. The lowest BCUT2D eigenvalue weighted by atomic mass is 10.3. The molecule has 0 aromatic carbocycles. The Morgan fingerprint density at radius 1 is 1.79 bits per heavy atom. The molecule has 1 aromatic heterocycles. The first-order valence-electron chi connectivity index (χ1n) is 4.74. The van der Waals surface area contributed by atoms with Gasteiger partial charge in [-0.3, -0.25) is 0 Å². The molecule has 0 aliphatic heterocycles. The van der Waals surface area contributed by atoms with Crippen molar-refractivity contribution in [3.63, 3.8) is 0 Å². The first kappa shape index (κ1) is 9.59. The third-order valence-electron chi connectivity index (χ3n) is 2.80. The summed E-state index contributed by atoms with van der Waals surface area (Å²) >= 11 is 5.79. The summed E-state index contributed by atoms with van der Waals surface area (Å²) in [5.41, 5.74) is 0.302. The SMILES string of the molecule is CCC1CC1n1cc(Cl)cc1C(=O)O. The Balaban J connectivity index is 2.29. The van der Waals surface area contributed by atoms with Crippen LogP contribution in [-0.2, 0) is 0 Å². The van der Waals surface area contributed by atoms with E-state index in [4.69, 9.17) is 16.7 Å². The summed E-state index contributed by atoms with van der Waals surface area (Å²) in [6, 6.07) is 1.85. The molecule has 2 rings (SSSR count). The molecule has 1 N–H and O–H groups in total. The van der Waals surface area contributed by atoms with E-state index in [1.54, 1.807) is 10.8 Å². The zero-order chi connectivity index (χ0) is 10.3. The maximum absolute atomic E-state index is 10.9. The van der Waals surface area contributed by atoms with Crippen LogP contribution < -0.4 is 0 Å². The lowest BCUT2D eigenvalue weighted by molar-refractivity contribution is 0.0684. The van der Waals surface area contributed by atoms with Crippen molar-refractivity contribution in [3.05, 3.63) is 23.0 Å². The second-order valence-corrected chi connectivity index (χ2v) is 4.16. The number of aromatic nitrogens is 1. The Hall–Kier alpha value is -0.960. The highest BCUT2D eigenvalue weighted by Crippen LogP contribution is 2.46. The van der Waals surface area contributed by atoms with Gasteiger partial charge in [-0.15, -0.1) is 0 Å². The van der Waals surface area contributed by atoms with E-state index in [9.17, 15) is 4.79 Å². The minimum Gasteiger partial charge on any atom is -0.477 e.